The molecule has 37 heavy (non-hydrogen) atoms. The zero-order valence-electron chi connectivity index (χ0n) is 19.8. The van der Waals surface area contributed by atoms with Crippen molar-refractivity contribution in [2.24, 2.45) is 5.92 Å². The van der Waals surface area contributed by atoms with Crippen LogP contribution >= 0.6 is 0 Å². The maximum Gasteiger partial charge on any atom is 0.416 e. The van der Waals surface area contributed by atoms with Crippen molar-refractivity contribution >= 4 is 17.3 Å². The smallest absolute Gasteiger partial charge is 0.367 e. The van der Waals surface area contributed by atoms with Crippen LogP contribution in [0, 0.1) is 23.1 Å². The summed E-state index contributed by atoms with van der Waals surface area (Å²) in [5.74, 6) is -1.28. The Morgan fingerprint density at radius 1 is 1.03 bits per heavy atom. The van der Waals surface area contributed by atoms with E-state index in [0.717, 1.165) is 23.4 Å². The van der Waals surface area contributed by atoms with E-state index in [2.05, 4.69) is 16.3 Å². The van der Waals surface area contributed by atoms with Crippen molar-refractivity contribution in [2.45, 2.75) is 25.2 Å². The first-order valence-corrected chi connectivity index (χ1v) is 12.0. The van der Waals surface area contributed by atoms with Gasteiger partial charge in [-0.2, -0.15) is 18.4 Å². The summed E-state index contributed by atoms with van der Waals surface area (Å²) in [5.41, 5.74) is 2.47. The Bertz CT molecular complexity index is 1350. The number of fused-ring (bicyclic) bond motifs is 3. The Labute approximate surface area is 211 Å². The molecule has 1 amide bonds. The van der Waals surface area contributed by atoms with E-state index in [4.69, 9.17) is 0 Å². The van der Waals surface area contributed by atoms with E-state index in [-0.39, 0.29) is 30.7 Å². The van der Waals surface area contributed by atoms with Gasteiger partial charge in [-0.05, 0) is 60.0 Å². The summed E-state index contributed by atoms with van der Waals surface area (Å²) in [6, 6.07) is 18.6. The predicted octanol–water partition coefficient (Wildman–Crippen LogP) is 4.90. The van der Waals surface area contributed by atoms with Crippen molar-refractivity contribution in [3.63, 3.8) is 0 Å². The van der Waals surface area contributed by atoms with Gasteiger partial charge in [0.05, 0.1) is 28.8 Å². The fourth-order valence-corrected chi connectivity index (χ4v) is 5.28. The quantitative estimate of drug-likeness (QED) is 0.510. The van der Waals surface area contributed by atoms with E-state index in [1.54, 1.807) is 24.3 Å². The minimum absolute atomic E-state index is 0.156. The van der Waals surface area contributed by atoms with Crippen LogP contribution in [0.3, 0.4) is 0 Å². The van der Waals surface area contributed by atoms with E-state index in [1.807, 2.05) is 17.0 Å². The number of carbonyl (C=O) groups excluding carboxylic acids is 1. The van der Waals surface area contributed by atoms with Gasteiger partial charge in [-0.3, -0.25) is 4.79 Å². The summed E-state index contributed by atoms with van der Waals surface area (Å²) < 4.78 is 53.6. The second kappa shape index (κ2) is 9.77. The molecule has 1 fully saturated rings. The summed E-state index contributed by atoms with van der Waals surface area (Å²) in [7, 11) is 0. The zero-order valence-corrected chi connectivity index (χ0v) is 19.8. The van der Waals surface area contributed by atoms with Crippen LogP contribution < -0.4 is 15.1 Å². The van der Waals surface area contributed by atoms with Gasteiger partial charge in [0.25, 0.3) is 0 Å². The number of hydrogen-bond donors (Lipinski definition) is 1. The highest BCUT2D eigenvalue weighted by atomic mass is 19.4. The molecule has 1 saturated heterocycles. The lowest BCUT2D eigenvalue weighted by molar-refractivity contribution is -0.137. The molecule has 190 valence electrons. The first kappa shape index (κ1) is 24.6. The van der Waals surface area contributed by atoms with Gasteiger partial charge in [-0.25, -0.2) is 4.39 Å². The second-order valence-electron chi connectivity index (χ2n) is 9.33. The number of rotatable bonds is 4. The topological polar surface area (TPSA) is 59.4 Å². The SMILES string of the molecule is N#Cc1ccccc1N1CCN2c3ccc(C(F)(F)F)cc3CC(C(=O)NCc3ccc(F)cc3)C2C1. The number of alkyl halides is 3. The van der Waals surface area contributed by atoms with E-state index in [1.165, 1.54) is 18.2 Å². The molecule has 2 heterocycles. The molecule has 0 bridgehead atoms. The Kier molecular flexibility index (Phi) is 6.50. The molecular formula is C28H24F4N4O. The Hall–Kier alpha value is -4.06. The number of para-hydroxylation sites is 1. The van der Waals surface area contributed by atoms with Crippen LogP contribution in [0.15, 0.2) is 66.7 Å². The van der Waals surface area contributed by atoms with Crippen molar-refractivity contribution in [3.05, 3.63) is 94.8 Å². The number of nitriles is 1. The molecule has 3 aromatic rings. The average Bonchev–Trinajstić information content (AvgIpc) is 2.91. The van der Waals surface area contributed by atoms with Crippen molar-refractivity contribution in [1.29, 1.82) is 5.26 Å². The summed E-state index contributed by atoms with van der Waals surface area (Å²) in [5, 5.41) is 12.5. The highest BCUT2D eigenvalue weighted by Crippen LogP contribution is 2.40. The van der Waals surface area contributed by atoms with E-state index in [9.17, 15) is 27.6 Å². The van der Waals surface area contributed by atoms with Gasteiger partial charge in [-0.1, -0.05) is 24.3 Å². The first-order chi connectivity index (χ1) is 17.7. The maximum absolute atomic E-state index is 13.4. The van der Waals surface area contributed by atoms with Crippen LogP contribution in [-0.4, -0.2) is 31.6 Å². The molecule has 2 unspecified atom stereocenters. The molecule has 0 spiro atoms. The largest absolute Gasteiger partial charge is 0.416 e. The summed E-state index contributed by atoms with van der Waals surface area (Å²) in [6.45, 7) is 1.66. The predicted molar refractivity (Wildman–Crippen MR) is 131 cm³/mol. The molecule has 0 aliphatic carbocycles. The normalized spacial score (nSPS) is 19.0. The molecule has 2 aliphatic heterocycles. The third-order valence-electron chi connectivity index (χ3n) is 7.12. The van der Waals surface area contributed by atoms with Gasteiger partial charge in [-0.15, -0.1) is 0 Å². The van der Waals surface area contributed by atoms with Gasteiger partial charge in [0, 0.05) is 31.9 Å². The lowest BCUT2D eigenvalue weighted by Gasteiger charge is -2.49. The monoisotopic (exact) mass is 508 g/mol. The zero-order chi connectivity index (χ0) is 26.2. The molecule has 3 aromatic carbocycles. The summed E-state index contributed by atoms with van der Waals surface area (Å²) in [4.78, 5) is 17.5. The number of piperazine rings is 1. The number of benzene rings is 3. The molecule has 0 radical (unpaired) electrons. The Morgan fingerprint density at radius 2 is 1.78 bits per heavy atom. The second-order valence-corrected chi connectivity index (χ2v) is 9.33. The van der Waals surface area contributed by atoms with Crippen LogP contribution in [0.4, 0.5) is 28.9 Å². The molecule has 0 saturated carbocycles. The Balaban J connectivity index is 1.45. The third kappa shape index (κ3) is 4.96. The van der Waals surface area contributed by atoms with Crippen molar-refractivity contribution in [3.8, 4) is 6.07 Å². The van der Waals surface area contributed by atoms with Gasteiger partial charge < -0.3 is 15.1 Å². The fraction of sp³-hybridized carbons (Fsp3) is 0.286. The third-order valence-corrected chi connectivity index (χ3v) is 7.12. The van der Waals surface area contributed by atoms with Crippen LogP contribution in [0.2, 0.25) is 0 Å². The van der Waals surface area contributed by atoms with Crippen LogP contribution in [0.25, 0.3) is 0 Å². The van der Waals surface area contributed by atoms with Gasteiger partial charge in [0.2, 0.25) is 5.91 Å². The standard InChI is InChI=1S/C28H24F4N4O/c29-22-8-5-18(6-9-22)16-34-27(37)23-14-20-13-21(28(30,31)32)7-10-25(20)36-12-11-35(17-26(23)36)24-4-2-1-3-19(24)15-33/h1-10,13,23,26H,11-12,14,16-17H2,(H,34,37). The first-order valence-electron chi connectivity index (χ1n) is 12.0. The number of amides is 1. The Morgan fingerprint density at radius 3 is 2.51 bits per heavy atom. The van der Waals surface area contributed by atoms with Crippen LogP contribution in [-0.2, 0) is 23.9 Å². The minimum Gasteiger partial charge on any atom is -0.367 e. The summed E-state index contributed by atoms with van der Waals surface area (Å²) in [6.07, 6.45) is -4.32. The molecule has 5 rings (SSSR count). The molecule has 5 nitrogen and oxygen atoms in total. The van der Waals surface area contributed by atoms with Crippen molar-refractivity contribution in [1.82, 2.24) is 5.32 Å². The van der Waals surface area contributed by atoms with Crippen molar-refractivity contribution < 1.29 is 22.4 Å². The molecule has 2 aliphatic rings. The van der Waals surface area contributed by atoms with Crippen LogP contribution in [0.1, 0.15) is 22.3 Å². The highest BCUT2D eigenvalue weighted by Gasteiger charge is 2.43. The van der Waals surface area contributed by atoms with Gasteiger partial charge in [0.1, 0.15) is 11.9 Å². The number of nitrogens with zero attached hydrogens (tertiary/aromatic N) is 3. The molecule has 1 N–H and O–H groups in total. The lowest BCUT2D eigenvalue weighted by Crippen LogP contribution is -2.61. The average molecular weight is 509 g/mol. The van der Waals surface area contributed by atoms with E-state index < -0.39 is 17.7 Å². The number of hydrogen-bond acceptors (Lipinski definition) is 4. The molecule has 0 aromatic heterocycles. The number of anilines is 2. The minimum atomic E-state index is -4.48. The summed E-state index contributed by atoms with van der Waals surface area (Å²) >= 11 is 0. The number of carbonyl (C=O) groups is 1. The molecule has 2 atom stereocenters. The fourth-order valence-electron chi connectivity index (χ4n) is 5.28. The number of nitrogens with one attached hydrogen (secondary N) is 1. The lowest BCUT2D eigenvalue weighted by atomic mass is 9.82. The number of halogens is 4. The molecule has 9 heteroatoms. The van der Waals surface area contributed by atoms with Gasteiger partial charge in [0.15, 0.2) is 0 Å². The maximum atomic E-state index is 13.4. The van der Waals surface area contributed by atoms with Gasteiger partial charge >= 0.3 is 6.18 Å². The van der Waals surface area contributed by atoms with E-state index in [0.29, 0.717) is 36.4 Å². The highest BCUT2D eigenvalue weighted by molar-refractivity contribution is 5.82. The molecular weight excluding hydrogens is 484 g/mol. The van der Waals surface area contributed by atoms with E-state index >= 15 is 0 Å². The van der Waals surface area contributed by atoms with Crippen LogP contribution in [0.5, 0.6) is 0 Å². The van der Waals surface area contributed by atoms with Crippen molar-refractivity contribution in [2.75, 3.05) is 29.4 Å².